The van der Waals surface area contributed by atoms with Crippen LogP contribution >= 0.6 is 0 Å². The van der Waals surface area contributed by atoms with Gasteiger partial charge in [0.15, 0.2) is 5.82 Å². The van der Waals surface area contributed by atoms with Gasteiger partial charge in [0, 0.05) is 48.1 Å². The summed E-state index contributed by atoms with van der Waals surface area (Å²) >= 11 is 0. The molecular weight excluding hydrogens is 471 g/mol. The van der Waals surface area contributed by atoms with Crippen LogP contribution in [0.1, 0.15) is 69.7 Å². The number of carbonyl (C=O) groups excluding carboxylic acids is 2. The minimum atomic E-state index is -0.293. The Balaban J connectivity index is 1.18. The lowest BCUT2D eigenvalue weighted by atomic mass is 9.91. The van der Waals surface area contributed by atoms with Crippen LogP contribution < -0.4 is 5.32 Å². The summed E-state index contributed by atoms with van der Waals surface area (Å²) < 4.78 is 13.6. The Labute approximate surface area is 217 Å². The number of likely N-dealkylation sites (tertiary alicyclic amines) is 2. The molecule has 0 bridgehead atoms. The highest BCUT2D eigenvalue weighted by atomic mass is 19.1. The number of hydrogen-bond acceptors (Lipinski definition) is 4. The van der Waals surface area contributed by atoms with E-state index in [0.29, 0.717) is 18.3 Å². The van der Waals surface area contributed by atoms with Crippen molar-refractivity contribution >= 4 is 28.5 Å². The molecule has 37 heavy (non-hydrogen) atoms. The van der Waals surface area contributed by atoms with Gasteiger partial charge in [-0.3, -0.25) is 14.7 Å². The van der Waals surface area contributed by atoms with Gasteiger partial charge in [-0.15, -0.1) is 0 Å². The van der Waals surface area contributed by atoms with Crippen molar-refractivity contribution in [3.63, 3.8) is 0 Å². The Morgan fingerprint density at radius 3 is 2.73 bits per heavy atom. The third-order valence-corrected chi connectivity index (χ3v) is 7.97. The number of piperidine rings is 2. The van der Waals surface area contributed by atoms with E-state index in [0.717, 1.165) is 73.9 Å². The van der Waals surface area contributed by atoms with Gasteiger partial charge in [-0.2, -0.15) is 5.10 Å². The van der Waals surface area contributed by atoms with E-state index in [1.54, 1.807) is 6.07 Å². The maximum absolute atomic E-state index is 13.6. The molecule has 4 heterocycles. The van der Waals surface area contributed by atoms with Crippen molar-refractivity contribution < 1.29 is 14.0 Å². The molecule has 2 aliphatic heterocycles. The number of halogens is 1. The molecule has 0 spiro atoms. The molecule has 2 fully saturated rings. The van der Waals surface area contributed by atoms with E-state index in [4.69, 9.17) is 0 Å². The molecule has 5 rings (SSSR count). The van der Waals surface area contributed by atoms with E-state index < -0.39 is 0 Å². The van der Waals surface area contributed by atoms with E-state index in [9.17, 15) is 14.0 Å². The highest BCUT2D eigenvalue weighted by Crippen LogP contribution is 2.34. The average molecular weight is 509 g/mol. The summed E-state index contributed by atoms with van der Waals surface area (Å²) in [7, 11) is 0. The molecule has 0 aliphatic carbocycles. The Morgan fingerprint density at radius 2 is 1.95 bits per heavy atom. The molecule has 2 aliphatic rings. The second-order valence-corrected chi connectivity index (χ2v) is 10.7. The van der Waals surface area contributed by atoms with Crippen LogP contribution in [-0.4, -0.2) is 62.5 Å². The number of nitrogens with one attached hydrogen (secondary N) is 3. The SMILES string of the molecule is CC(C)N1CCC(C(=O)N2CCCCC2c2cc(NC(=O)CCc3c[nH]c4ccc(F)cc34)n[nH]2)CC1. The minimum Gasteiger partial charge on any atom is -0.361 e. The number of carbonyl (C=O) groups is 2. The Bertz CT molecular complexity index is 1240. The lowest BCUT2D eigenvalue weighted by Gasteiger charge is -2.40. The van der Waals surface area contributed by atoms with Crippen molar-refractivity contribution in [2.75, 3.05) is 25.0 Å². The third kappa shape index (κ3) is 5.71. The van der Waals surface area contributed by atoms with Gasteiger partial charge in [-0.05, 0) is 89.2 Å². The van der Waals surface area contributed by atoms with Gasteiger partial charge in [0.1, 0.15) is 5.82 Å². The molecular formula is C28H37FN6O2. The van der Waals surface area contributed by atoms with Gasteiger partial charge in [0.05, 0.1) is 11.7 Å². The number of nitrogens with zero attached hydrogens (tertiary/aromatic N) is 3. The number of aryl methyl sites for hydroxylation is 1. The van der Waals surface area contributed by atoms with E-state index in [-0.39, 0.29) is 36.0 Å². The lowest BCUT2D eigenvalue weighted by molar-refractivity contribution is -0.141. The normalized spacial score (nSPS) is 19.6. The maximum Gasteiger partial charge on any atom is 0.226 e. The number of H-pyrrole nitrogens is 2. The molecule has 9 heteroatoms. The summed E-state index contributed by atoms with van der Waals surface area (Å²) in [5.41, 5.74) is 2.63. The van der Waals surface area contributed by atoms with Crippen molar-refractivity contribution in [1.82, 2.24) is 25.0 Å². The number of amides is 2. The smallest absolute Gasteiger partial charge is 0.226 e. The van der Waals surface area contributed by atoms with E-state index >= 15 is 0 Å². The van der Waals surface area contributed by atoms with Crippen LogP contribution in [0.15, 0.2) is 30.5 Å². The first-order chi connectivity index (χ1) is 17.9. The molecule has 1 unspecified atom stereocenters. The lowest BCUT2D eigenvalue weighted by Crippen LogP contribution is -2.46. The number of anilines is 1. The Morgan fingerprint density at radius 1 is 1.14 bits per heavy atom. The molecule has 3 aromatic rings. The predicted molar refractivity (Wildman–Crippen MR) is 142 cm³/mol. The molecule has 1 aromatic carbocycles. The minimum absolute atomic E-state index is 0.0383. The molecule has 2 aromatic heterocycles. The van der Waals surface area contributed by atoms with Gasteiger partial charge < -0.3 is 20.1 Å². The number of aromatic amines is 2. The van der Waals surface area contributed by atoms with Gasteiger partial charge in [-0.25, -0.2) is 4.39 Å². The van der Waals surface area contributed by atoms with Crippen LogP contribution in [0.4, 0.5) is 10.2 Å². The van der Waals surface area contributed by atoms with Crippen LogP contribution in [0, 0.1) is 11.7 Å². The van der Waals surface area contributed by atoms with Gasteiger partial charge in [0.2, 0.25) is 11.8 Å². The van der Waals surface area contributed by atoms with E-state index in [1.807, 2.05) is 17.2 Å². The fraction of sp³-hybridized carbons (Fsp3) is 0.536. The van der Waals surface area contributed by atoms with Gasteiger partial charge >= 0.3 is 0 Å². The number of fused-ring (bicyclic) bond motifs is 1. The Kier molecular flexibility index (Phi) is 7.60. The standard InChI is InChI=1S/C28H37FN6O2/c1-18(2)34-13-10-19(11-14-34)28(37)35-12-4-3-5-25(35)24-16-26(33-32-24)31-27(36)9-6-20-17-30-23-8-7-21(29)15-22(20)23/h7-8,15-19,25,30H,3-6,9-14H2,1-2H3,(H2,31,32,33,36). The molecule has 8 nitrogen and oxygen atoms in total. The highest BCUT2D eigenvalue weighted by Gasteiger charge is 2.35. The number of benzene rings is 1. The van der Waals surface area contributed by atoms with Crippen LogP contribution in [-0.2, 0) is 16.0 Å². The predicted octanol–water partition coefficient (Wildman–Crippen LogP) is 4.78. The molecule has 2 saturated heterocycles. The van der Waals surface area contributed by atoms with Crippen molar-refractivity contribution in [1.29, 1.82) is 0 Å². The van der Waals surface area contributed by atoms with Crippen molar-refractivity contribution in [3.8, 4) is 0 Å². The number of rotatable bonds is 7. The second kappa shape index (κ2) is 11.0. The molecule has 1 atom stereocenters. The fourth-order valence-corrected chi connectivity index (χ4v) is 5.80. The maximum atomic E-state index is 13.6. The first-order valence-corrected chi connectivity index (χ1v) is 13.5. The zero-order chi connectivity index (χ0) is 25.9. The molecule has 0 saturated carbocycles. The first-order valence-electron chi connectivity index (χ1n) is 13.5. The summed E-state index contributed by atoms with van der Waals surface area (Å²) in [6, 6.07) is 6.95. The summed E-state index contributed by atoms with van der Waals surface area (Å²) in [5, 5.41) is 11.1. The average Bonchev–Trinajstić information content (AvgIpc) is 3.53. The van der Waals surface area contributed by atoms with Gasteiger partial charge in [0.25, 0.3) is 0 Å². The monoisotopic (exact) mass is 508 g/mol. The topological polar surface area (TPSA) is 97.1 Å². The second-order valence-electron chi connectivity index (χ2n) is 10.7. The quantitative estimate of drug-likeness (QED) is 0.428. The first kappa shape index (κ1) is 25.4. The summed E-state index contributed by atoms with van der Waals surface area (Å²) in [4.78, 5) is 33.7. The highest BCUT2D eigenvalue weighted by molar-refractivity contribution is 5.91. The zero-order valence-corrected chi connectivity index (χ0v) is 21.7. The van der Waals surface area contributed by atoms with Crippen molar-refractivity contribution in [3.05, 3.63) is 47.5 Å². The largest absolute Gasteiger partial charge is 0.361 e. The molecule has 0 radical (unpaired) electrons. The van der Waals surface area contributed by atoms with Crippen molar-refractivity contribution in [2.45, 2.75) is 70.9 Å². The number of aromatic nitrogens is 3. The summed E-state index contributed by atoms with van der Waals surface area (Å²) in [6.45, 7) is 7.13. The fourth-order valence-electron chi connectivity index (χ4n) is 5.80. The van der Waals surface area contributed by atoms with Crippen LogP contribution in [0.25, 0.3) is 10.9 Å². The van der Waals surface area contributed by atoms with E-state index in [2.05, 4.69) is 39.2 Å². The van der Waals surface area contributed by atoms with Gasteiger partial charge in [-0.1, -0.05) is 0 Å². The van der Waals surface area contributed by atoms with Crippen molar-refractivity contribution in [2.24, 2.45) is 5.92 Å². The summed E-state index contributed by atoms with van der Waals surface area (Å²) in [6.07, 6.45) is 7.37. The molecule has 3 N–H and O–H groups in total. The Hall–Kier alpha value is -3.20. The number of hydrogen-bond donors (Lipinski definition) is 3. The van der Waals surface area contributed by atoms with Crippen LogP contribution in [0.2, 0.25) is 0 Å². The zero-order valence-electron chi connectivity index (χ0n) is 21.7. The third-order valence-electron chi connectivity index (χ3n) is 7.97. The summed E-state index contributed by atoms with van der Waals surface area (Å²) in [5.74, 6) is 0.350. The van der Waals surface area contributed by atoms with E-state index in [1.165, 1.54) is 12.1 Å². The van der Waals surface area contributed by atoms with Crippen LogP contribution in [0.5, 0.6) is 0 Å². The molecule has 2 amide bonds. The van der Waals surface area contributed by atoms with Crippen LogP contribution in [0.3, 0.4) is 0 Å². The molecule has 198 valence electrons.